The summed E-state index contributed by atoms with van der Waals surface area (Å²) in [6.07, 6.45) is -4.23. The molecule has 2 aromatic heterocycles. The van der Waals surface area contributed by atoms with Gasteiger partial charge in [0.15, 0.2) is 11.3 Å². The van der Waals surface area contributed by atoms with Crippen molar-refractivity contribution in [1.29, 1.82) is 0 Å². The van der Waals surface area contributed by atoms with Crippen molar-refractivity contribution in [2.24, 2.45) is 0 Å². The van der Waals surface area contributed by atoms with Crippen molar-refractivity contribution in [3.05, 3.63) is 53.5 Å². The standard InChI is InChI=1S/C16H12F4N4OS/c1-26-12-5-3-2-4-8(12)22-16(25)10-7-13-21-9(14(17)18)6-11(15(19)20)24(13)23-10/h2-7,14-15H,1H3,(H,22,25). The molecule has 10 heteroatoms. The molecule has 2 heterocycles. The number of halogens is 4. The number of fused-ring (bicyclic) bond motifs is 1. The highest BCUT2D eigenvalue weighted by molar-refractivity contribution is 7.98. The summed E-state index contributed by atoms with van der Waals surface area (Å²) in [6, 6.07) is 8.68. The molecule has 136 valence electrons. The van der Waals surface area contributed by atoms with Crippen LogP contribution in [0, 0.1) is 0 Å². The molecule has 0 spiro atoms. The Morgan fingerprint density at radius 3 is 2.54 bits per heavy atom. The first-order chi connectivity index (χ1) is 12.4. The Hall–Kier alpha value is -2.62. The van der Waals surface area contributed by atoms with Gasteiger partial charge in [-0.15, -0.1) is 11.8 Å². The van der Waals surface area contributed by atoms with E-state index in [4.69, 9.17) is 0 Å². The number of nitrogens with one attached hydrogen (secondary N) is 1. The summed E-state index contributed by atoms with van der Waals surface area (Å²) < 4.78 is 52.7. The number of hydrogen-bond donors (Lipinski definition) is 1. The molecule has 0 aliphatic rings. The summed E-state index contributed by atoms with van der Waals surface area (Å²) in [7, 11) is 0. The second-order valence-electron chi connectivity index (χ2n) is 5.16. The molecule has 0 fully saturated rings. The Kier molecular flexibility index (Phi) is 5.12. The van der Waals surface area contributed by atoms with Crippen molar-refractivity contribution >= 4 is 29.0 Å². The maximum Gasteiger partial charge on any atom is 0.280 e. The molecule has 1 N–H and O–H groups in total. The van der Waals surface area contributed by atoms with E-state index in [9.17, 15) is 22.4 Å². The molecule has 3 rings (SSSR count). The SMILES string of the molecule is CSc1ccccc1NC(=O)c1cc2nc(C(F)F)cc(C(F)F)n2n1. The number of rotatable bonds is 5. The molecule has 0 saturated heterocycles. The zero-order valence-electron chi connectivity index (χ0n) is 13.3. The predicted molar refractivity (Wildman–Crippen MR) is 89.1 cm³/mol. The zero-order valence-corrected chi connectivity index (χ0v) is 14.1. The fraction of sp³-hybridized carbons (Fsp3) is 0.188. The fourth-order valence-electron chi connectivity index (χ4n) is 2.33. The van der Waals surface area contributed by atoms with Gasteiger partial charge in [0.05, 0.1) is 5.69 Å². The molecule has 0 bridgehead atoms. The maximum absolute atomic E-state index is 13.2. The average Bonchev–Trinajstić information content (AvgIpc) is 3.05. The molecule has 0 atom stereocenters. The number of nitrogens with zero attached hydrogens (tertiary/aromatic N) is 3. The first-order valence-corrected chi connectivity index (χ1v) is 8.54. The van der Waals surface area contributed by atoms with Gasteiger partial charge in [0.25, 0.3) is 18.8 Å². The molecule has 0 saturated carbocycles. The van der Waals surface area contributed by atoms with Crippen molar-refractivity contribution in [2.45, 2.75) is 17.7 Å². The van der Waals surface area contributed by atoms with Crippen LogP contribution in [0.15, 0.2) is 41.3 Å². The summed E-state index contributed by atoms with van der Waals surface area (Å²) in [5.41, 5.74) is -1.48. The number of alkyl halides is 4. The van der Waals surface area contributed by atoms with E-state index in [1.54, 1.807) is 24.3 Å². The minimum atomic E-state index is -3.05. The van der Waals surface area contributed by atoms with E-state index in [0.717, 1.165) is 11.0 Å². The van der Waals surface area contributed by atoms with Gasteiger partial charge in [-0.1, -0.05) is 12.1 Å². The number of para-hydroxylation sites is 1. The van der Waals surface area contributed by atoms with Gasteiger partial charge in [-0.3, -0.25) is 4.79 Å². The smallest absolute Gasteiger partial charge is 0.280 e. The molecule has 5 nitrogen and oxygen atoms in total. The molecule has 1 amide bonds. The lowest BCUT2D eigenvalue weighted by atomic mass is 10.3. The molecular formula is C16H12F4N4OS. The number of amides is 1. The number of carbonyl (C=O) groups excluding carboxylic acids is 1. The zero-order chi connectivity index (χ0) is 18.8. The van der Waals surface area contributed by atoms with Crippen LogP contribution in [0.4, 0.5) is 23.2 Å². The third-order valence-electron chi connectivity index (χ3n) is 3.51. The van der Waals surface area contributed by atoms with Crippen molar-refractivity contribution in [3.8, 4) is 0 Å². The van der Waals surface area contributed by atoms with E-state index in [1.165, 1.54) is 11.8 Å². The van der Waals surface area contributed by atoms with Crippen molar-refractivity contribution in [1.82, 2.24) is 14.6 Å². The Balaban J connectivity index is 2.00. The van der Waals surface area contributed by atoms with E-state index >= 15 is 0 Å². The van der Waals surface area contributed by atoms with Crippen molar-refractivity contribution in [2.75, 3.05) is 11.6 Å². The van der Waals surface area contributed by atoms with Crippen molar-refractivity contribution in [3.63, 3.8) is 0 Å². The number of thioether (sulfide) groups is 1. The second-order valence-corrected chi connectivity index (χ2v) is 6.01. The number of hydrogen-bond acceptors (Lipinski definition) is 4. The van der Waals surface area contributed by atoms with Gasteiger partial charge in [-0.25, -0.2) is 27.1 Å². The van der Waals surface area contributed by atoms with Gasteiger partial charge in [0.1, 0.15) is 11.4 Å². The largest absolute Gasteiger partial charge is 0.320 e. The Morgan fingerprint density at radius 2 is 1.88 bits per heavy atom. The lowest BCUT2D eigenvalue weighted by Gasteiger charge is -2.07. The van der Waals surface area contributed by atoms with Crippen LogP contribution in [0.2, 0.25) is 0 Å². The molecule has 0 aliphatic carbocycles. The van der Waals surface area contributed by atoms with Crippen LogP contribution in [0.1, 0.15) is 34.7 Å². The number of aromatic nitrogens is 3. The van der Waals surface area contributed by atoms with E-state index in [2.05, 4.69) is 15.4 Å². The lowest BCUT2D eigenvalue weighted by Crippen LogP contribution is -2.13. The average molecular weight is 384 g/mol. The van der Waals surface area contributed by atoms with Crippen molar-refractivity contribution < 1.29 is 22.4 Å². The number of carbonyl (C=O) groups is 1. The fourth-order valence-corrected chi connectivity index (χ4v) is 2.88. The molecule has 1 aromatic carbocycles. The van der Waals surface area contributed by atoms with Crippen LogP contribution in [0.3, 0.4) is 0 Å². The van der Waals surface area contributed by atoms with E-state index < -0.39 is 30.1 Å². The highest BCUT2D eigenvalue weighted by Crippen LogP contribution is 2.27. The summed E-state index contributed by atoms with van der Waals surface area (Å²) in [6.45, 7) is 0. The second kappa shape index (κ2) is 7.32. The third kappa shape index (κ3) is 3.50. The molecule has 0 radical (unpaired) electrons. The Morgan fingerprint density at radius 1 is 1.15 bits per heavy atom. The molecular weight excluding hydrogens is 372 g/mol. The van der Waals surface area contributed by atoms with Gasteiger partial charge < -0.3 is 5.32 Å². The summed E-state index contributed by atoms with van der Waals surface area (Å²) in [5.74, 6) is -0.657. The van der Waals surface area contributed by atoms with Gasteiger partial charge in [-0.05, 0) is 24.5 Å². The van der Waals surface area contributed by atoms with E-state index in [1.807, 2.05) is 6.26 Å². The van der Waals surface area contributed by atoms with Crippen LogP contribution in [-0.2, 0) is 0 Å². The van der Waals surface area contributed by atoms with Gasteiger partial charge in [0, 0.05) is 11.0 Å². The maximum atomic E-state index is 13.2. The van der Waals surface area contributed by atoms with Crippen LogP contribution in [-0.4, -0.2) is 26.8 Å². The highest BCUT2D eigenvalue weighted by atomic mass is 32.2. The lowest BCUT2D eigenvalue weighted by molar-refractivity contribution is 0.102. The monoisotopic (exact) mass is 384 g/mol. The van der Waals surface area contributed by atoms with Crippen LogP contribution in [0.5, 0.6) is 0 Å². The molecule has 0 aliphatic heterocycles. The first kappa shape index (κ1) is 18.2. The van der Waals surface area contributed by atoms with Gasteiger partial charge in [-0.2, -0.15) is 5.10 Å². The normalized spacial score (nSPS) is 11.5. The Bertz CT molecular complexity index is 961. The minimum absolute atomic E-state index is 0.207. The third-order valence-corrected chi connectivity index (χ3v) is 4.31. The Labute approximate surface area is 149 Å². The highest BCUT2D eigenvalue weighted by Gasteiger charge is 2.22. The molecule has 0 unspecified atom stereocenters. The van der Waals surface area contributed by atoms with Crippen LogP contribution in [0.25, 0.3) is 5.65 Å². The van der Waals surface area contributed by atoms with E-state index in [0.29, 0.717) is 16.3 Å². The topological polar surface area (TPSA) is 59.3 Å². The first-order valence-electron chi connectivity index (χ1n) is 7.32. The number of benzene rings is 1. The summed E-state index contributed by atoms with van der Waals surface area (Å²) in [5, 5.41) is 6.42. The summed E-state index contributed by atoms with van der Waals surface area (Å²) >= 11 is 1.41. The summed E-state index contributed by atoms with van der Waals surface area (Å²) in [4.78, 5) is 16.8. The van der Waals surface area contributed by atoms with Gasteiger partial charge in [0.2, 0.25) is 0 Å². The van der Waals surface area contributed by atoms with Gasteiger partial charge >= 0.3 is 0 Å². The van der Waals surface area contributed by atoms with Crippen LogP contribution < -0.4 is 5.32 Å². The molecule has 26 heavy (non-hydrogen) atoms. The van der Waals surface area contributed by atoms with E-state index in [-0.39, 0.29) is 11.3 Å². The quantitative estimate of drug-likeness (QED) is 0.517. The number of anilines is 1. The predicted octanol–water partition coefficient (Wildman–Crippen LogP) is 4.58. The minimum Gasteiger partial charge on any atom is -0.320 e. The van der Waals surface area contributed by atoms with Crippen LogP contribution >= 0.6 is 11.8 Å². The molecule has 3 aromatic rings.